The molecule has 1 aliphatic heterocycles. The average Bonchev–Trinajstić information content (AvgIpc) is 3.62. The molecule has 9 heteroatoms. The average molecular weight is 497 g/mol. The van der Waals surface area contributed by atoms with Gasteiger partial charge in [-0.1, -0.05) is 18.7 Å². The van der Waals surface area contributed by atoms with Crippen molar-refractivity contribution in [3.05, 3.63) is 45.1 Å². The molecule has 0 N–H and O–H groups in total. The zero-order chi connectivity index (χ0) is 22.4. The zero-order valence-corrected chi connectivity index (χ0v) is 21.0. The Morgan fingerprint density at radius 3 is 2.97 bits per heavy atom. The third-order valence-corrected chi connectivity index (χ3v) is 9.19. The second kappa shape index (κ2) is 8.77. The Balaban J connectivity index is 1.20. The molecule has 4 aromatic rings. The van der Waals surface area contributed by atoms with Gasteiger partial charge in [-0.25, -0.2) is 4.98 Å². The summed E-state index contributed by atoms with van der Waals surface area (Å²) in [5.41, 5.74) is 4.87. The Morgan fingerprint density at radius 1 is 1.15 bits per heavy atom. The topological polar surface area (TPSA) is 62.1 Å². The molecule has 2 aliphatic rings. The van der Waals surface area contributed by atoms with E-state index in [9.17, 15) is 0 Å². The largest absolute Gasteiger partial charge is 0.454 e. The predicted octanol–water partition coefficient (Wildman–Crippen LogP) is 6.30. The van der Waals surface area contributed by atoms with Crippen LogP contribution in [-0.4, -0.2) is 26.5 Å². The number of hydrogen-bond acceptors (Lipinski definition) is 8. The highest BCUT2D eigenvalue weighted by Gasteiger charge is 2.24. The van der Waals surface area contributed by atoms with E-state index >= 15 is 0 Å². The van der Waals surface area contributed by atoms with E-state index in [1.165, 1.54) is 28.8 Å². The van der Waals surface area contributed by atoms with E-state index in [2.05, 4.69) is 39.4 Å². The number of rotatable bonds is 6. The lowest BCUT2D eigenvalue weighted by Gasteiger charge is -2.19. The fourth-order valence-electron chi connectivity index (χ4n) is 4.42. The van der Waals surface area contributed by atoms with Crippen molar-refractivity contribution in [1.82, 2.24) is 19.7 Å². The summed E-state index contributed by atoms with van der Waals surface area (Å²) in [6.45, 7) is 5.65. The Bertz CT molecular complexity index is 1310. The lowest BCUT2D eigenvalue weighted by molar-refractivity contribution is 0.174. The van der Waals surface area contributed by atoms with Crippen molar-refractivity contribution in [1.29, 1.82) is 0 Å². The van der Waals surface area contributed by atoms with Crippen LogP contribution >= 0.6 is 34.4 Å². The monoisotopic (exact) mass is 496 g/mol. The van der Waals surface area contributed by atoms with Gasteiger partial charge in [0.25, 0.3) is 0 Å². The Morgan fingerprint density at radius 2 is 2.06 bits per heavy atom. The van der Waals surface area contributed by atoms with Crippen LogP contribution in [0.3, 0.4) is 0 Å². The summed E-state index contributed by atoms with van der Waals surface area (Å²) in [6, 6.07) is 5.98. The first-order chi connectivity index (χ1) is 16.2. The van der Waals surface area contributed by atoms with Crippen LogP contribution in [0, 0.1) is 5.92 Å². The molecule has 0 amide bonds. The minimum atomic E-state index is 0.284. The van der Waals surface area contributed by atoms with Gasteiger partial charge in [-0.15, -0.1) is 32.9 Å². The standard InChI is InChI=1S/C24H24N4O2S3/c1-3-28-22(18-12-31-21-8-14(2)4-6-17(18)21)26-27-24(28)33-11-16-10-32-23(25-16)15-5-7-19-20(9-15)30-13-29-19/h5,7,9-10,12,14H,3-4,6,8,11,13H2,1-2H3/t14-/m1/s1. The molecule has 0 bridgehead atoms. The molecule has 4 heterocycles. The third-order valence-electron chi connectivity index (χ3n) is 6.20. The number of aromatic nitrogens is 4. The van der Waals surface area contributed by atoms with Gasteiger partial charge in [-0.3, -0.25) is 0 Å². The van der Waals surface area contributed by atoms with Gasteiger partial charge in [0.15, 0.2) is 22.5 Å². The quantitative estimate of drug-likeness (QED) is 0.292. The predicted molar refractivity (Wildman–Crippen MR) is 133 cm³/mol. The van der Waals surface area contributed by atoms with Crippen LogP contribution in [0.4, 0.5) is 0 Å². The molecular weight excluding hydrogens is 472 g/mol. The highest BCUT2D eigenvalue weighted by molar-refractivity contribution is 7.98. The highest BCUT2D eigenvalue weighted by atomic mass is 32.2. The van der Waals surface area contributed by atoms with Crippen LogP contribution < -0.4 is 9.47 Å². The molecule has 6 rings (SSSR count). The first-order valence-electron chi connectivity index (χ1n) is 11.2. The van der Waals surface area contributed by atoms with Crippen LogP contribution in [0.25, 0.3) is 22.0 Å². The summed E-state index contributed by atoms with van der Waals surface area (Å²) in [5, 5.41) is 15.5. The van der Waals surface area contributed by atoms with Crippen LogP contribution in [0.1, 0.15) is 36.4 Å². The van der Waals surface area contributed by atoms with Gasteiger partial charge in [-0.2, -0.15) is 0 Å². The van der Waals surface area contributed by atoms with E-state index in [4.69, 9.17) is 14.5 Å². The maximum absolute atomic E-state index is 5.50. The Kier molecular flexibility index (Phi) is 5.63. The van der Waals surface area contributed by atoms with Crippen LogP contribution in [0.2, 0.25) is 0 Å². The van der Waals surface area contributed by atoms with Gasteiger partial charge >= 0.3 is 0 Å². The molecule has 6 nitrogen and oxygen atoms in total. The van der Waals surface area contributed by atoms with E-state index in [0.29, 0.717) is 0 Å². The first-order valence-corrected chi connectivity index (χ1v) is 13.9. The van der Waals surface area contributed by atoms with Gasteiger partial charge < -0.3 is 14.0 Å². The number of thiophene rings is 1. The molecule has 3 aromatic heterocycles. The number of thiazole rings is 1. The molecule has 0 saturated carbocycles. The molecule has 170 valence electrons. The molecule has 0 saturated heterocycles. The summed E-state index contributed by atoms with van der Waals surface area (Å²) in [6.07, 6.45) is 3.60. The molecule has 1 atom stereocenters. The molecular formula is C24H24N4O2S3. The molecule has 0 radical (unpaired) electrons. The number of hydrogen-bond donors (Lipinski definition) is 0. The number of benzene rings is 1. The summed E-state index contributed by atoms with van der Waals surface area (Å²) in [5.74, 6) is 4.12. The molecule has 1 aliphatic carbocycles. The maximum Gasteiger partial charge on any atom is 0.231 e. The van der Waals surface area contributed by atoms with E-state index in [1.54, 1.807) is 23.1 Å². The SMILES string of the molecule is CCn1c(SCc2csc(-c3ccc4c(c3)OCO4)n2)nnc1-c1csc2c1CC[C@@H](C)C2. The molecule has 0 fully saturated rings. The van der Waals surface area contributed by atoms with Gasteiger partial charge in [-0.05, 0) is 55.9 Å². The fraction of sp³-hybridized carbons (Fsp3) is 0.375. The van der Waals surface area contributed by atoms with Crippen molar-refractivity contribution >= 4 is 34.4 Å². The summed E-state index contributed by atoms with van der Waals surface area (Å²) in [4.78, 5) is 6.37. The minimum Gasteiger partial charge on any atom is -0.454 e. The summed E-state index contributed by atoms with van der Waals surface area (Å²) < 4.78 is 13.2. The molecule has 33 heavy (non-hydrogen) atoms. The molecule has 1 aromatic carbocycles. The van der Waals surface area contributed by atoms with Crippen molar-refractivity contribution in [2.75, 3.05) is 6.79 Å². The second-order valence-corrected chi connectivity index (χ2v) is 11.2. The zero-order valence-electron chi connectivity index (χ0n) is 18.5. The number of nitrogens with zero attached hydrogens (tertiary/aromatic N) is 4. The number of fused-ring (bicyclic) bond motifs is 2. The number of thioether (sulfide) groups is 1. The van der Waals surface area contributed by atoms with E-state index in [1.807, 2.05) is 29.5 Å². The molecule has 0 unspecified atom stereocenters. The van der Waals surface area contributed by atoms with Gasteiger partial charge in [0.2, 0.25) is 6.79 Å². The van der Waals surface area contributed by atoms with Gasteiger partial charge in [0.05, 0.1) is 5.69 Å². The van der Waals surface area contributed by atoms with Crippen molar-refractivity contribution in [3.63, 3.8) is 0 Å². The maximum atomic E-state index is 5.50. The normalized spacial score (nSPS) is 16.8. The fourth-order valence-corrected chi connectivity index (χ4v) is 7.48. The lowest BCUT2D eigenvalue weighted by Crippen LogP contribution is -2.10. The Labute approximate surface area is 205 Å². The first kappa shape index (κ1) is 21.2. The van der Waals surface area contributed by atoms with Crippen molar-refractivity contribution in [3.8, 4) is 33.5 Å². The van der Waals surface area contributed by atoms with Crippen molar-refractivity contribution < 1.29 is 9.47 Å². The molecule has 0 spiro atoms. The van der Waals surface area contributed by atoms with Crippen LogP contribution in [0.15, 0.2) is 34.1 Å². The smallest absolute Gasteiger partial charge is 0.231 e. The summed E-state index contributed by atoms with van der Waals surface area (Å²) >= 11 is 5.24. The van der Waals surface area contributed by atoms with E-state index in [0.717, 1.165) is 63.4 Å². The number of ether oxygens (including phenoxy) is 2. The van der Waals surface area contributed by atoms with Gasteiger partial charge in [0.1, 0.15) is 5.01 Å². The Hall–Kier alpha value is -2.36. The highest BCUT2D eigenvalue weighted by Crippen LogP contribution is 2.39. The third kappa shape index (κ3) is 3.96. The summed E-state index contributed by atoms with van der Waals surface area (Å²) in [7, 11) is 0. The van der Waals surface area contributed by atoms with Crippen molar-refractivity contribution in [2.24, 2.45) is 5.92 Å². The van der Waals surface area contributed by atoms with Crippen LogP contribution in [-0.2, 0) is 25.1 Å². The van der Waals surface area contributed by atoms with Gasteiger partial charge in [0, 0.05) is 39.1 Å². The minimum absolute atomic E-state index is 0.284. The lowest BCUT2D eigenvalue weighted by atomic mass is 9.88. The van der Waals surface area contributed by atoms with Crippen LogP contribution in [0.5, 0.6) is 11.5 Å². The van der Waals surface area contributed by atoms with Crippen molar-refractivity contribution in [2.45, 2.75) is 50.6 Å². The second-order valence-electron chi connectivity index (χ2n) is 8.45. The van der Waals surface area contributed by atoms with E-state index < -0.39 is 0 Å². The van der Waals surface area contributed by atoms with E-state index in [-0.39, 0.29) is 6.79 Å².